The summed E-state index contributed by atoms with van der Waals surface area (Å²) in [5.74, 6) is -0.980. The highest BCUT2D eigenvalue weighted by atomic mass is 79.9. The summed E-state index contributed by atoms with van der Waals surface area (Å²) in [4.78, 5) is 28.5. The summed E-state index contributed by atoms with van der Waals surface area (Å²) in [7, 11) is 0. The maximum atomic E-state index is 13.6. The number of amides is 2. The van der Waals surface area contributed by atoms with Gasteiger partial charge in [0.05, 0.1) is 17.5 Å². The van der Waals surface area contributed by atoms with Crippen LogP contribution in [0.3, 0.4) is 0 Å². The minimum atomic E-state index is -0.339. The molecule has 4 heteroatoms. The average Bonchev–Trinajstić information content (AvgIpc) is 3.45. The van der Waals surface area contributed by atoms with Crippen molar-refractivity contribution in [1.82, 2.24) is 0 Å². The van der Waals surface area contributed by atoms with Crippen molar-refractivity contribution in [3.8, 4) is 0 Å². The van der Waals surface area contributed by atoms with Crippen LogP contribution in [0.15, 0.2) is 107 Å². The molecule has 6 rings (SSSR count). The third kappa shape index (κ3) is 2.79. The Hall–Kier alpha value is -3.24. The maximum absolute atomic E-state index is 13.6. The van der Waals surface area contributed by atoms with Crippen molar-refractivity contribution in [2.45, 2.75) is 0 Å². The summed E-state index contributed by atoms with van der Waals surface area (Å²) in [5, 5.41) is 0. The summed E-state index contributed by atoms with van der Waals surface area (Å²) in [6, 6.07) is 28.0. The Bertz CT molecular complexity index is 1220. The zero-order valence-corrected chi connectivity index (χ0v) is 18.8. The summed E-state index contributed by atoms with van der Waals surface area (Å²) in [6.07, 6.45) is 4.28. The minimum Gasteiger partial charge on any atom is -0.274 e. The van der Waals surface area contributed by atoms with Crippen LogP contribution in [-0.4, -0.2) is 11.8 Å². The number of rotatable bonds is 3. The molecule has 1 saturated heterocycles. The largest absolute Gasteiger partial charge is 0.274 e. The molecule has 1 aliphatic heterocycles. The number of allylic oxidation sites excluding steroid dienone is 3. The second-order valence-corrected chi connectivity index (χ2v) is 9.46. The first kappa shape index (κ1) is 19.4. The van der Waals surface area contributed by atoms with E-state index in [1.807, 2.05) is 60.7 Å². The fraction of sp³-hybridized carbons (Fsp3) is 0.143. The normalized spacial score (nSPS) is 25.5. The first-order valence-electron chi connectivity index (χ1n) is 10.8. The standard InChI is InChI=1S/C28H20BrNO2/c29-19-12-7-13-20(16-19)30-27(31)25-21-14-15-22(26(25)28(30)32)24(21)23(17-8-3-1-4-9-17)18-10-5-2-6-11-18/h1-16,21-22,25-26H/t21-,22-,25-,26-/m0/s1. The van der Waals surface area contributed by atoms with E-state index in [1.165, 1.54) is 10.5 Å². The van der Waals surface area contributed by atoms with Gasteiger partial charge >= 0.3 is 0 Å². The molecule has 3 nitrogen and oxygen atoms in total. The molecule has 0 N–H and O–H groups in total. The van der Waals surface area contributed by atoms with Crippen molar-refractivity contribution < 1.29 is 9.59 Å². The Morgan fingerprint density at radius 2 is 1.22 bits per heavy atom. The number of anilines is 1. The van der Waals surface area contributed by atoms with Crippen LogP contribution in [0.5, 0.6) is 0 Å². The van der Waals surface area contributed by atoms with Crippen LogP contribution < -0.4 is 4.90 Å². The third-order valence-corrected chi connectivity index (χ3v) is 7.39. The Labute approximate surface area is 195 Å². The van der Waals surface area contributed by atoms with Crippen molar-refractivity contribution in [2.24, 2.45) is 23.7 Å². The van der Waals surface area contributed by atoms with Gasteiger partial charge in [-0.25, -0.2) is 4.90 Å². The van der Waals surface area contributed by atoms with Crippen molar-refractivity contribution in [2.75, 3.05) is 4.90 Å². The van der Waals surface area contributed by atoms with E-state index in [-0.39, 0.29) is 35.5 Å². The number of hydrogen-bond acceptors (Lipinski definition) is 2. The van der Waals surface area contributed by atoms with Crippen LogP contribution in [0, 0.1) is 23.7 Å². The Morgan fingerprint density at radius 1 is 0.688 bits per heavy atom. The number of carbonyl (C=O) groups excluding carboxylic acids is 2. The number of halogens is 1. The molecule has 3 aromatic rings. The molecule has 1 heterocycles. The quantitative estimate of drug-likeness (QED) is 0.346. The van der Waals surface area contributed by atoms with Gasteiger partial charge in [0.1, 0.15) is 0 Å². The van der Waals surface area contributed by atoms with Gasteiger partial charge in [0.25, 0.3) is 0 Å². The van der Waals surface area contributed by atoms with Gasteiger partial charge in [0.2, 0.25) is 11.8 Å². The van der Waals surface area contributed by atoms with Crippen LogP contribution in [-0.2, 0) is 9.59 Å². The Balaban J connectivity index is 1.49. The Morgan fingerprint density at radius 3 is 1.72 bits per heavy atom. The van der Waals surface area contributed by atoms with Crippen LogP contribution in [0.25, 0.3) is 5.57 Å². The van der Waals surface area contributed by atoms with Gasteiger partial charge < -0.3 is 0 Å². The number of imide groups is 1. The topological polar surface area (TPSA) is 37.4 Å². The van der Waals surface area contributed by atoms with Crippen LogP contribution in [0.4, 0.5) is 5.69 Å². The molecule has 156 valence electrons. The molecular weight excluding hydrogens is 462 g/mol. The molecule has 2 fully saturated rings. The molecular formula is C28H20BrNO2. The van der Waals surface area contributed by atoms with Gasteiger partial charge in [0, 0.05) is 16.3 Å². The molecule has 2 bridgehead atoms. The van der Waals surface area contributed by atoms with E-state index in [4.69, 9.17) is 0 Å². The monoisotopic (exact) mass is 481 g/mol. The van der Waals surface area contributed by atoms with Gasteiger partial charge in [-0.15, -0.1) is 0 Å². The van der Waals surface area contributed by atoms with Crippen LogP contribution in [0.1, 0.15) is 11.1 Å². The molecule has 0 aromatic heterocycles. The van der Waals surface area contributed by atoms with E-state index in [0.29, 0.717) is 5.69 Å². The van der Waals surface area contributed by atoms with Crippen LogP contribution in [0.2, 0.25) is 0 Å². The molecule has 3 aromatic carbocycles. The van der Waals surface area contributed by atoms with Gasteiger partial charge in [0.15, 0.2) is 0 Å². The number of nitrogens with zero attached hydrogens (tertiary/aromatic N) is 1. The third-order valence-electron chi connectivity index (χ3n) is 6.90. The molecule has 0 spiro atoms. The smallest absolute Gasteiger partial charge is 0.238 e. The predicted molar refractivity (Wildman–Crippen MR) is 129 cm³/mol. The lowest BCUT2D eigenvalue weighted by Gasteiger charge is -2.21. The first-order valence-corrected chi connectivity index (χ1v) is 11.6. The number of benzene rings is 3. The van der Waals surface area contributed by atoms with E-state index in [0.717, 1.165) is 21.2 Å². The van der Waals surface area contributed by atoms with Gasteiger partial charge in [-0.05, 0) is 40.5 Å². The van der Waals surface area contributed by atoms with E-state index in [9.17, 15) is 9.59 Å². The fourth-order valence-electron chi connectivity index (χ4n) is 5.68. The number of fused-ring (bicyclic) bond motifs is 5. The average molecular weight is 482 g/mol. The van der Waals surface area contributed by atoms with Crippen LogP contribution >= 0.6 is 15.9 Å². The summed E-state index contributed by atoms with van der Waals surface area (Å²) in [6.45, 7) is 0. The van der Waals surface area contributed by atoms with E-state index >= 15 is 0 Å². The lowest BCUT2D eigenvalue weighted by atomic mass is 9.85. The van der Waals surface area contributed by atoms with Crippen molar-refractivity contribution in [3.05, 3.63) is 118 Å². The zero-order chi connectivity index (χ0) is 21.8. The van der Waals surface area contributed by atoms with Crippen molar-refractivity contribution >= 4 is 39.0 Å². The predicted octanol–water partition coefficient (Wildman–Crippen LogP) is 5.87. The molecule has 2 amide bonds. The zero-order valence-electron chi connectivity index (χ0n) is 17.2. The lowest BCUT2D eigenvalue weighted by Crippen LogP contribution is -2.33. The van der Waals surface area contributed by atoms with Gasteiger partial charge in [-0.3, -0.25) is 9.59 Å². The molecule has 2 aliphatic carbocycles. The molecule has 0 radical (unpaired) electrons. The van der Waals surface area contributed by atoms with Crippen molar-refractivity contribution in [3.63, 3.8) is 0 Å². The van der Waals surface area contributed by atoms with E-state index in [2.05, 4.69) is 52.3 Å². The van der Waals surface area contributed by atoms with E-state index in [1.54, 1.807) is 0 Å². The van der Waals surface area contributed by atoms with Gasteiger partial charge in [-0.1, -0.05) is 94.8 Å². The molecule has 3 aliphatic rings. The fourth-order valence-corrected chi connectivity index (χ4v) is 6.06. The first-order chi connectivity index (χ1) is 15.6. The highest BCUT2D eigenvalue weighted by Gasteiger charge is 2.62. The highest BCUT2D eigenvalue weighted by molar-refractivity contribution is 9.10. The second kappa shape index (κ2) is 7.42. The Kier molecular flexibility index (Phi) is 4.51. The maximum Gasteiger partial charge on any atom is 0.238 e. The minimum absolute atomic E-state index is 0.0611. The highest BCUT2D eigenvalue weighted by Crippen LogP contribution is 2.58. The number of hydrogen-bond donors (Lipinski definition) is 0. The summed E-state index contributed by atoms with van der Waals surface area (Å²) >= 11 is 3.46. The number of carbonyl (C=O) groups is 2. The van der Waals surface area contributed by atoms with E-state index < -0.39 is 0 Å². The van der Waals surface area contributed by atoms with Gasteiger partial charge in [-0.2, -0.15) is 0 Å². The van der Waals surface area contributed by atoms with Crippen molar-refractivity contribution in [1.29, 1.82) is 0 Å². The summed E-state index contributed by atoms with van der Waals surface area (Å²) in [5.41, 5.74) is 5.23. The molecule has 32 heavy (non-hydrogen) atoms. The summed E-state index contributed by atoms with van der Waals surface area (Å²) < 4.78 is 0.852. The molecule has 0 unspecified atom stereocenters. The SMILES string of the molecule is O=C1[C@@H]2[C@@H](C(=O)N1c1cccc(Br)c1)[C@H]1C=C[C@H]2C1=C(c1ccccc1)c1ccccc1. The second-order valence-electron chi connectivity index (χ2n) is 8.54. The lowest BCUT2D eigenvalue weighted by molar-refractivity contribution is -0.122. The molecule has 4 atom stereocenters. The molecule has 1 saturated carbocycles.